The summed E-state index contributed by atoms with van der Waals surface area (Å²) in [4.78, 5) is 33.9. The molecule has 3 N–H and O–H groups in total. The van der Waals surface area contributed by atoms with Gasteiger partial charge in [0.15, 0.2) is 5.82 Å². The highest BCUT2D eigenvalue weighted by Crippen LogP contribution is 2.37. The molecule has 10 nitrogen and oxygen atoms in total. The molecule has 1 fully saturated rings. The molecule has 1 aliphatic rings. The third kappa shape index (κ3) is 8.66. The number of carbonyl (C=O) groups is 2. The second-order valence-electron chi connectivity index (χ2n) is 11.9. The van der Waals surface area contributed by atoms with Crippen molar-refractivity contribution in [2.45, 2.75) is 69.9 Å². The molecule has 49 heavy (non-hydrogen) atoms. The van der Waals surface area contributed by atoms with Gasteiger partial charge in [-0.2, -0.15) is 31.4 Å². The molecule has 2 aromatic heterocycles. The smallest absolute Gasteiger partial charge is 0.375 e. The topological polar surface area (TPSA) is 123 Å². The highest BCUT2D eigenvalue weighted by Gasteiger charge is 2.37. The van der Waals surface area contributed by atoms with Crippen molar-refractivity contribution in [1.29, 1.82) is 0 Å². The van der Waals surface area contributed by atoms with Crippen LogP contribution >= 0.6 is 0 Å². The number of benzene rings is 2. The first kappa shape index (κ1) is 35.6. The van der Waals surface area contributed by atoms with Gasteiger partial charge in [0.2, 0.25) is 17.8 Å². The van der Waals surface area contributed by atoms with E-state index in [0.29, 0.717) is 36.3 Å². The minimum absolute atomic E-state index is 0.0185. The molecule has 262 valence electrons. The molecule has 16 heteroatoms. The summed E-state index contributed by atoms with van der Waals surface area (Å²) in [6, 6.07) is 6.56. The van der Waals surface area contributed by atoms with E-state index in [2.05, 4.69) is 26.0 Å². The zero-order valence-corrected chi connectivity index (χ0v) is 26.9. The number of rotatable bonds is 10. The van der Waals surface area contributed by atoms with Crippen LogP contribution < -0.4 is 16.0 Å². The normalized spacial score (nSPS) is 16.8. The number of fused-ring (bicyclic) bond motifs is 1. The highest BCUT2D eigenvalue weighted by molar-refractivity contribution is 5.93. The van der Waals surface area contributed by atoms with Crippen LogP contribution in [0.3, 0.4) is 0 Å². The molecule has 0 spiro atoms. The SMILES string of the molecule is CCc1cc(-c2cc(NC(=O)Cc3cc(C(F)(F)F)ccc3C(F)(F)F)nn2C)cc2cnc(NC3CCC(NC(=O)COC)CC3)nc12. The lowest BCUT2D eigenvalue weighted by Crippen LogP contribution is -2.41. The van der Waals surface area contributed by atoms with Crippen LogP contribution in [0, 0.1) is 0 Å². The predicted octanol–water partition coefficient (Wildman–Crippen LogP) is 6.30. The molecule has 2 amide bonds. The summed E-state index contributed by atoms with van der Waals surface area (Å²) in [7, 11) is 3.10. The number of hydrogen-bond donors (Lipinski definition) is 3. The molecule has 2 aromatic carbocycles. The van der Waals surface area contributed by atoms with Crippen molar-refractivity contribution in [3.05, 3.63) is 64.8 Å². The number of alkyl halides is 6. The fraction of sp³-hybridized carbons (Fsp3) is 0.424. The number of anilines is 2. The Morgan fingerprint density at radius 1 is 0.939 bits per heavy atom. The molecule has 2 heterocycles. The molecule has 1 aliphatic carbocycles. The van der Waals surface area contributed by atoms with Gasteiger partial charge in [-0.1, -0.05) is 6.92 Å². The molecular formula is C33H35F6N7O3. The van der Waals surface area contributed by atoms with Gasteiger partial charge < -0.3 is 20.7 Å². The summed E-state index contributed by atoms with van der Waals surface area (Å²) in [6.07, 6.45) is -5.13. The summed E-state index contributed by atoms with van der Waals surface area (Å²) in [5.74, 6) is -0.584. The maximum Gasteiger partial charge on any atom is 0.416 e. The zero-order chi connectivity index (χ0) is 35.5. The molecule has 0 atom stereocenters. The number of nitrogens with zero attached hydrogens (tertiary/aromatic N) is 4. The fourth-order valence-corrected chi connectivity index (χ4v) is 6.02. The van der Waals surface area contributed by atoms with Crippen molar-refractivity contribution in [2.24, 2.45) is 7.05 Å². The Morgan fingerprint density at radius 2 is 1.65 bits per heavy atom. The van der Waals surface area contributed by atoms with E-state index in [0.717, 1.165) is 47.7 Å². The number of nitrogens with one attached hydrogen (secondary N) is 3. The second-order valence-corrected chi connectivity index (χ2v) is 11.9. The minimum Gasteiger partial charge on any atom is -0.375 e. The fourth-order valence-electron chi connectivity index (χ4n) is 6.02. The molecule has 4 aromatic rings. The van der Waals surface area contributed by atoms with E-state index in [9.17, 15) is 35.9 Å². The zero-order valence-electron chi connectivity index (χ0n) is 26.9. The number of aromatic nitrogens is 4. The van der Waals surface area contributed by atoms with Gasteiger partial charge in [0.25, 0.3) is 0 Å². The van der Waals surface area contributed by atoms with Gasteiger partial charge in [0, 0.05) is 49.5 Å². The van der Waals surface area contributed by atoms with Gasteiger partial charge in [-0.25, -0.2) is 9.97 Å². The van der Waals surface area contributed by atoms with Gasteiger partial charge in [-0.3, -0.25) is 14.3 Å². The Labute approximate surface area is 277 Å². The van der Waals surface area contributed by atoms with Crippen molar-refractivity contribution in [2.75, 3.05) is 24.4 Å². The summed E-state index contributed by atoms with van der Waals surface area (Å²) in [5, 5.41) is 13.8. The van der Waals surface area contributed by atoms with E-state index in [1.165, 1.54) is 17.9 Å². The highest BCUT2D eigenvalue weighted by atomic mass is 19.4. The van der Waals surface area contributed by atoms with Gasteiger partial charge in [0.1, 0.15) is 6.61 Å². The van der Waals surface area contributed by atoms with E-state index in [1.54, 1.807) is 13.2 Å². The average Bonchev–Trinajstić information content (AvgIpc) is 3.39. The Bertz CT molecular complexity index is 1830. The molecule has 0 radical (unpaired) electrons. The lowest BCUT2D eigenvalue weighted by molar-refractivity contribution is -0.142. The van der Waals surface area contributed by atoms with Crippen LogP contribution in [0.2, 0.25) is 0 Å². The lowest BCUT2D eigenvalue weighted by Gasteiger charge is -2.29. The standard InChI is InChI=1S/C33H35F6N7O3/c1-4-18-11-20(12-21-16-40-31(44-30(18)21)42-24-8-6-23(7-9-24)41-29(48)17-49-3)26-15-27(45-46(26)2)43-28(47)14-19-13-22(32(34,35)36)5-10-25(19)33(37,38)39/h5,10-13,15-16,23-24H,4,6-9,14,17H2,1-3H3,(H,41,48)(H,40,42,44)(H,43,45,47). The first-order valence-electron chi connectivity index (χ1n) is 15.6. The number of ether oxygens (including phenoxy) is 1. The van der Waals surface area contributed by atoms with Crippen LogP contribution in [0.15, 0.2) is 42.6 Å². The van der Waals surface area contributed by atoms with Crippen molar-refractivity contribution < 1.29 is 40.7 Å². The lowest BCUT2D eigenvalue weighted by atomic mass is 9.91. The van der Waals surface area contributed by atoms with Gasteiger partial charge in [-0.05, 0) is 73.6 Å². The van der Waals surface area contributed by atoms with E-state index in [4.69, 9.17) is 9.72 Å². The maximum atomic E-state index is 13.5. The van der Waals surface area contributed by atoms with Gasteiger partial charge in [-0.15, -0.1) is 0 Å². The number of hydrogen-bond acceptors (Lipinski definition) is 7. The Morgan fingerprint density at radius 3 is 2.31 bits per heavy atom. The number of carbonyl (C=O) groups excluding carboxylic acids is 2. The van der Waals surface area contributed by atoms with Crippen LogP contribution in [0.25, 0.3) is 22.2 Å². The molecular weight excluding hydrogens is 656 g/mol. The van der Waals surface area contributed by atoms with Crippen LogP contribution in [-0.2, 0) is 46.6 Å². The maximum absolute atomic E-state index is 13.5. The van der Waals surface area contributed by atoms with E-state index >= 15 is 0 Å². The van der Waals surface area contributed by atoms with E-state index in [-0.39, 0.29) is 30.4 Å². The molecule has 5 rings (SSSR count). The summed E-state index contributed by atoms with van der Waals surface area (Å²) >= 11 is 0. The van der Waals surface area contributed by atoms with Crippen LogP contribution in [0.5, 0.6) is 0 Å². The quantitative estimate of drug-likeness (QED) is 0.167. The molecule has 0 saturated heterocycles. The van der Waals surface area contributed by atoms with Crippen LogP contribution in [0.4, 0.5) is 38.1 Å². The number of halogens is 6. The third-order valence-electron chi connectivity index (χ3n) is 8.38. The molecule has 0 bridgehead atoms. The Hall–Kier alpha value is -4.73. The van der Waals surface area contributed by atoms with Crippen molar-refractivity contribution >= 4 is 34.5 Å². The van der Waals surface area contributed by atoms with Gasteiger partial charge >= 0.3 is 12.4 Å². The van der Waals surface area contributed by atoms with Crippen LogP contribution in [0.1, 0.15) is 54.9 Å². The van der Waals surface area contributed by atoms with E-state index < -0.39 is 41.4 Å². The molecule has 0 aliphatic heterocycles. The van der Waals surface area contributed by atoms with Crippen molar-refractivity contribution in [3.63, 3.8) is 0 Å². The van der Waals surface area contributed by atoms with Gasteiger partial charge in [0.05, 0.1) is 28.8 Å². The predicted molar refractivity (Wildman–Crippen MR) is 170 cm³/mol. The minimum atomic E-state index is -4.95. The van der Waals surface area contributed by atoms with Crippen molar-refractivity contribution in [1.82, 2.24) is 25.1 Å². The molecule has 1 saturated carbocycles. The van der Waals surface area contributed by atoms with Crippen LogP contribution in [-0.4, -0.2) is 57.4 Å². The Kier molecular flexibility index (Phi) is 10.5. The van der Waals surface area contributed by atoms with Crippen molar-refractivity contribution in [3.8, 4) is 11.3 Å². The summed E-state index contributed by atoms with van der Waals surface area (Å²) < 4.78 is 86.5. The average molecular weight is 692 g/mol. The van der Waals surface area contributed by atoms with E-state index in [1.807, 2.05) is 19.1 Å². The monoisotopic (exact) mass is 691 g/mol. The second kappa shape index (κ2) is 14.4. The third-order valence-corrected chi connectivity index (χ3v) is 8.38. The Balaban J connectivity index is 1.30. The first-order chi connectivity index (χ1) is 23.1. The molecule has 0 unspecified atom stereocenters. The first-order valence-corrected chi connectivity index (χ1v) is 15.6. The summed E-state index contributed by atoms with van der Waals surface area (Å²) in [6.45, 7) is 2.01. The number of methoxy groups -OCH3 is 1. The summed E-state index contributed by atoms with van der Waals surface area (Å²) in [5.41, 5.74) is -0.455. The number of amides is 2. The number of aryl methyl sites for hydroxylation is 2. The largest absolute Gasteiger partial charge is 0.416 e.